The Morgan fingerprint density at radius 1 is 0.422 bits per heavy atom. The number of nitrogens with zero attached hydrogens (tertiary/aromatic N) is 5. The molecular formula is C83H58N5OPt-3. The van der Waals surface area contributed by atoms with Crippen molar-refractivity contribution >= 4 is 66.4 Å². The van der Waals surface area contributed by atoms with Gasteiger partial charge in [-0.25, -0.2) is 4.98 Å². The van der Waals surface area contributed by atoms with Crippen LogP contribution >= 0.6 is 0 Å². The molecule has 0 saturated carbocycles. The van der Waals surface area contributed by atoms with Crippen molar-refractivity contribution in [2.45, 2.75) is 31.6 Å². The number of benzene rings is 12. The van der Waals surface area contributed by atoms with Gasteiger partial charge in [-0.3, -0.25) is 0 Å². The molecule has 0 N–H and O–H groups in total. The Balaban J connectivity index is 0.00000649. The zero-order valence-electron chi connectivity index (χ0n) is 49.8. The molecule has 90 heavy (non-hydrogen) atoms. The number of pyridine rings is 1. The van der Waals surface area contributed by atoms with Crippen LogP contribution in [0.3, 0.4) is 0 Å². The summed E-state index contributed by atoms with van der Waals surface area (Å²) in [6, 6.07) is 111. The summed E-state index contributed by atoms with van der Waals surface area (Å²) in [4.78, 5) is 9.67. The molecule has 0 saturated heterocycles. The second kappa shape index (κ2) is 21.7. The summed E-state index contributed by atoms with van der Waals surface area (Å²) < 4.78 is 11.8. The Kier molecular flexibility index (Phi) is 13.2. The van der Waals surface area contributed by atoms with E-state index in [0.29, 0.717) is 11.5 Å². The number of hydrogen-bond acceptors (Lipinski definition) is 4. The number of ether oxygens (including phenoxy) is 1. The number of aromatic nitrogens is 3. The first-order valence-electron chi connectivity index (χ1n) is 30.5. The van der Waals surface area contributed by atoms with Crippen molar-refractivity contribution in [3.05, 3.63) is 338 Å². The summed E-state index contributed by atoms with van der Waals surface area (Å²) in [7, 11) is 0. The minimum atomic E-state index is -0.649. The first-order chi connectivity index (χ1) is 43.8. The molecule has 6 nitrogen and oxygen atoms in total. The van der Waals surface area contributed by atoms with Crippen LogP contribution in [-0.4, -0.2) is 14.1 Å². The average molecular weight is 1340 g/mol. The van der Waals surface area contributed by atoms with Crippen LogP contribution < -0.4 is 14.5 Å². The van der Waals surface area contributed by atoms with Gasteiger partial charge in [0.05, 0.1) is 16.4 Å². The van der Waals surface area contributed by atoms with Crippen LogP contribution in [-0.2, 0) is 31.9 Å². The molecule has 2 aliphatic rings. The Bertz CT molecular complexity index is 5120. The predicted molar refractivity (Wildman–Crippen MR) is 365 cm³/mol. The van der Waals surface area contributed by atoms with Crippen LogP contribution in [0, 0.1) is 18.8 Å². The van der Waals surface area contributed by atoms with Crippen molar-refractivity contribution < 1.29 is 25.8 Å². The Morgan fingerprint density at radius 3 is 1.53 bits per heavy atom. The van der Waals surface area contributed by atoms with Crippen LogP contribution in [0.25, 0.3) is 88.5 Å². The zero-order chi connectivity index (χ0) is 59.4. The van der Waals surface area contributed by atoms with E-state index in [4.69, 9.17) is 9.72 Å². The van der Waals surface area contributed by atoms with E-state index < -0.39 is 5.41 Å². The van der Waals surface area contributed by atoms with Gasteiger partial charge in [-0.15, -0.1) is 42.4 Å². The summed E-state index contributed by atoms with van der Waals surface area (Å²) >= 11 is 0. The molecule has 12 aromatic carbocycles. The Labute approximate surface area is 538 Å². The van der Waals surface area contributed by atoms with Crippen molar-refractivity contribution in [2.75, 3.05) is 9.80 Å². The molecule has 0 atom stereocenters. The van der Waals surface area contributed by atoms with Gasteiger partial charge in [0, 0.05) is 83.2 Å². The molecule has 0 unspecified atom stereocenters. The molecule has 4 heterocycles. The van der Waals surface area contributed by atoms with E-state index in [1.807, 2.05) is 12.3 Å². The first kappa shape index (κ1) is 54.8. The summed E-state index contributed by atoms with van der Waals surface area (Å²) in [5.41, 5.74) is 21.2. The third kappa shape index (κ3) is 8.68. The van der Waals surface area contributed by atoms with Gasteiger partial charge in [0.25, 0.3) is 0 Å². The van der Waals surface area contributed by atoms with Crippen molar-refractivity contribution in [3.63, 3.8) is 0 Å². The number of hydrogen-bond donors (Lipinski definition) is 0. The maximum absolute atomic E-state index is 7.21. The number of anilines is 4. The normalized spacial score (nSPS) is 13.2. The zero-order valence-corrected chi connectivity index (χ0v) is 52.0. The summed E-state index contributed by atoms with van der Waals surface area (Å²) in [5.74, 6) is 1.93. The van der Waals surface area contributed by atoms with Crippen LogP contribution in [0.1, 0.15) is 48.6 Å². The molecule has 15 aromatic rings. The molecule has 3 aromatic heterocycles. The standard InChI is InChI=1S/C83H58N5O.Pt/c1-82(2,3)58-45-46-84-80(49-58)88-76-40-22-17-35-68(76)69-44-43-62(53-79(69)88)89-63-51-60(50-61(52-63)87-74-38-20-15-33-66(74)67-34-16-21-39-75(67)87)85-54-86(78-42-24-23-41-77(78)85)81-70(55-25-7-4-8-26-55)47-59(48-71(81)56-27-9-5-10-28-56)83(57-29-11-6-12-30-57)72-36-18-13-31-64(72)65-32-14-19-37-73(65)83;/h4-50,52,54H,1-3H3;/q-3;. The van der Waals surface area contributed by atoms with Crippen molar-refractivity contribution in [2.24, 2.45) is 0 Å². The molecule has 0 amide bonds. The monoisotopic (exact) mass is 1340 g/mol. The summed E-state index contributed by atoms with van der Waals surface area (Å²) in [6.45, 7) is 8.97. The van der Waals surface area contributed by atoms with Gasteiger partial charge in [0.15, 0.2) is 0 Å². The van der Waals surface area contributed by atoms with Gasteiger partial charge < -0.3 is 23.7 Å². The van der Waals surface area contributed by atoms with Crippen LogP contribution in [0.2, 0.25) is 0 Å². The Hall–Kier alpha value is -10.5. The van der Waals surface area contributed by atoms with E-state index >= 15 is 0 Å². The second-order valence-electron chi connectivity index (χ2n) is 24.4. The van der Waals surface area contributed by atoms with Crippen molar-refractivity contribution in [1.29, 1.82) is 0 Å². The topological polar surface area (TPSA) is 38.5 Å². The van der Waals surface area contributed by atoms with Crippen LogP contribution in [0.4, 0.5) is 22.7 Å². The fraction of sp³-hybridized carbons (Fsp3) is 0.0602. The third-order valence-corrected chi connectivity index (χ3v) is 18.3. The molecular weight excluding hydrogens is 1280 g/mol. The third-order valence-electron chi connectivity index (χ3n) is 18.3. The molecule has 0 radical (unpaired) electrons. The second-order valence-corrected chi connectivity index (χ2v) is 24.4. The van der Waals surface area contributed by atoms with Crippen molar-refractivity contribution in [1.82, 2.24) is 14.1 Å². The SMILES string of the molecule is CC(C)(C)c1ccnc(-n2c3[c-]c(Oc4[c-]c(N5[CH-]N(c6c(-c7ccccc7)cc(C7(c8ccccc8)c8ccccc8-c8ccccc87)cc6-c6ccccc6)c6ccccc65)cc(-n5c6ccccc6c6ccccc65)c4)ccc3c3ccccc32)c1.[Pt]. The van der Waals surface area contributed by atoms with Crippen molar-refractivity contribution in [3.8, 4) is 56.4 Å². The fourth-order valence-corrected chi connectivity index (χ4v) is 14.3. The minimum absolute atomic E-state index is 0. The molecule has 0 fully saturated rings. The number of rotatable bonds is 10. The predicted octanol–water partition coefficient (Wildman–Crippen LogP) is 21.1. The average Bonchev–Trinajstić information content (AvgIpc) is 1.51. The van der Waals surface area contributed by atoms with Gasteiger partial charge >= 0.3 is 0 Å². The maximum atomic E-state index is 7.21. The molecule has 17 rings (SSSR count). The van der Waals surface area contributed by atoms with E-state index in [9.17, 15) is 0 Å². The largest absolute Gasteiger partial charge is 0.509 e. The van der Waals surface area contributed by atoms with Gasteiger partial charge in [-0.05, 0) is 115 Å². The van der Waals surface area contributed by atoms with Gasteiger partial charge in [0.1, 0.15) is 5.82 Å². The van der Waals surface area contributed by atoms with Crippen LogP contribution in [0.15, 0.2) is 291 Å². The van der Waals surface area contributed by atoms with E-state index in [0.717, 1.165) is 89.3 Å². The minimum Gasteiger partial charge on any atom is -0.509 e. The van der Waals surface area contributed by atoms with Gasteiger partial charge in [0.2, 0.25) is 0 Å². The van der Waals surface area contributed by atoms with Crippen LogP contribution in [0.5, 0.6) is 11.5 Å². The molecule has 434 valence electrons. The van der Waals surface area contributed by atoms with Gasteiger partial charge in [-0.2, -0.15) is 6.07 Å². The first-order valence-corrected chi connectivity index (χ1v) is 30.5. The van der Waals surface area contributed by atoms with E-state index in [2.05, 4.69) is 338 Å². The maximum Gasteiger partial charge on any atom is 0.135 e. The smallest absolute Gasteiger partial charge is 0.135 e. The molecule has 7 heteroatoms. The molecule has 1 aliphatic heterocycles. The quantitative estimate of drug-likeness (QED) is 0.128. The summed E-state index contributed by atoms with van der Waals surface area (Å²) in [6.07, 6.45) is 1.91. The van der Waals surface area contributed by atoms with Gasteiger partial charge in [-0.1, -0.05) is 244 Å². The van der Waals surface area contributed by atoms with E-state index in [-0.39, 0.29) is 26.5 Å². The Morgan fingerprint density at radius 2 is 0.933 bits per heavy atom. The van der Waals surface area contributed by atoms with E-state index in [1.54, 1.807) is 0 Å². The fourth-order valence-electron chi connectivity index (χ4n) is 14.3. The number of para-hydroxylation sites is 5. The van der Waals surface area contributed by atoms with E-state index in [1.165, 1.54) is 49.7 Å². The molecule has 1 aliphatic carbocycles. The molecule has 0 bridgehead atoms. The summed E-state index contributed by atoms with van der Waals surface area (Å²) in [5, 5.41) is 4.52. The number of fused-ring (bicyclic) bond motifs is 10. The molecule has 0 spiro atoms.